The summed E-state index contributed by atoms with van der Waals surface area (Å²) in [7, 11) is 0. The van der Waals surface area contributed by atoms with Gasteiger partial charge in [-0.1, -0.05) is 255 Å². The zero-order chi connectivity index (χ0) is 50.0. The average Bonchev–Trinajstić information content (AvgIpc) is 3.35. The van der Waals surface area contributed by atoms with Crippen LogP contribution in [0.15, 0.2) is 60.8 Å². The SMILES string of the molecule is CCCCC/C=C\C/C=C\CCCCCCCC(=O)OC(COC(=O)CCCCCCCC/C=C\C/C=C\C/C=C\CCCCCCC)COC(=O)CCCCCCCCCCCCCCCCC. The van der Waals surface area contributed by atoms with E-state index in [0.717, 1.165) is 103 Å². The molecule has 0 aliphatic heterocycles. The quantitative estimate of drug-likeness (QED) is 0.0262. The van der Waals surface area contributed by atoms with Crippen molar-refractivity contribution in [2.45, 2.75) is 309 Å². The van der Waals surface area contributed by atoms with E-state index < -0.39 is 6.10 Å². The summed E-state index contributed by atoms with van der Waals surface area (Å²) in [6.07, 6.45) is 72.1. The lowest BCUT2D eigenvalue weighted by atomic mass is 10.0. The Morgan fingerprint density at radius 3 is 0.841 bits per heavy atom. The van der Waals surface area contributed by atoms with E-state index in [1.807, 2.05) is 0 Å². The van der Waals surface area contributed by atoms with Gasteiger partial charge in [0.25, 0.3) is 0 Å². The Hall–Kier alpha value is -2.89. The van der Waals surface area contributed by atoms with Gasteiger partial charge in [0, 0.05) is 19.3 Å². The Labute approximate surface area is 428 Å². The van der Waals surface area contributed by atoms with Gasteiger partial charge in [-0.2, -0.15) is 0 Å². The van der Waals surface area contributed by atoms with Crippen LogP contribution in [-0.4, -0.2) is 37.2 Å². The highest BCUT2D eigenvalue weighted by atomic mass is 16.6. The first-order valence-corrected chi connectivity index (χ1v) is 29.8. The third kappa shape index (κ3) is 55.9. The molecule has 0 aliphatic rings. The van der Waals surface area contributed by atoms with Crippen LogP contribution in [0.3, 0.4) is 0 Å². The Morgan fingerprint density at radius 1 is 0.290 bits per heavy atom. The summed E-state index contributed by atoms with van der Waals surface area (Å²) in [4.78, 5) is 38.2. The maximum atomic E-state index is 12.9. The molecule has 0 radical (unpaired) electrons. The van der Waals surface area contributed by atoms with E-state index >= 15 is 0 Å². The molecule has 6 heteroatoms. The van der Waals surface area contributed by atoms with Crippen LogP contribution in [0.4, 0.5) is 0 Å². The van der Waals surface area contributed by atoms with Crippen LogP contribution in [0.25, 0.3) is 0 Å². The van der Waals surface area contributed by atoms with Gasteiger partial charge in [-0.25, -0.2) is 0 Å². The topological polar surface area (TPSA) is 78.9 Å². The molecule has 400 valence electrons. The Bertz CT molecular complexity index is 1250. The molecule has 1 unspecified atom stereocenters. The van der Waals surface area contributed by atoms with Crippen molar-refractivity contribution in [3.63, 3.8) is 0 Å². The summed E-state index contributed by atoms with van der Waals surface area (Å²) in [5.74, 6) is -0.896. The van der Waals surface area contributed by atoms with E-state index in [2.05, 4.69) is 81.5 Å². The second kappa shape index (κ2) is 57.7. The highest BCUT2D eigenvalue weighted by Crippen LogP contribution is 2.16. The fourth-order valence-electron chi connectivity index (χ4n) is 8.48. The molecule has 0 bridgehead atoms. The van der Waals surface area contributed by atoms with Crippen LogP contribution in [0.2, 0.25) is 0 Å². The molecule has 0 N–H and O–H groups in total. The van der Waals surface area contributed by atoms with E-state index in [9.17, 15) is 14.4 Å². The lowest BCUT2D eigenvalue weighted by Crippen LogP contribution is -2.30. The number of rotatable bonds is 54. The highest BCUT2D eigenvalue weighted by molar-refractivity contribution is 5.71. The molecule has 0 amide bonds. The van der Waals surface area contributed by atoms with E-state index in [4.69, 9.17) is 14.2 Å². The molecule has 69 heavy (non-hydrogen) atoms. The molecule has 6 nitrogen and oxygen atoms in total. The Balaban J connectivity index is 4.38. The molecule has 0 spiro atoms. The monoisotopic (exact) mass is 965 g/mol. The Kier molecular flexibility index (Phi) is 55.3. The van der Waals surface area contributed by atoms with Crippen molar-refractivity contribution in [3.8, 4) is 0 Å². The number of unbranched alkanes of at least 4 members (excludes halogenated alkanes) is 33. The molecule has 0 rings (SSSR count). The van der Waals surface area contributed by atoms with Gasteiger partial charge in [-0.15, -0.1) is 0 Å². The predicted molar refractivity (Wildman–Crippen MR) is 298 cm³/mol. The zero-order valence-corrected chi connectivity index (χ0v) is 45.8. The van der Waals surface area contributed by atoms with Gasteiger partial charge in [0.1, 0.15) is 13.2 Å². The third-order valence-electron chi connectivity index (χ3n) is 13.0. The molecule has 0 saturated carbocycles. The summed E-state index contributed by atoms with van der Waals surface area (Å²) >= 11 is 0. The van der Waals surface area contributed by atoms with Crippen LogP contribution >= 0.6 is 0 Å². The first kappa shape index (κ1) is 66.1. The predicted octanol–water partition coefficient (Wildman–Crippen LogP) is 20.0. The first-order valence-electron chi connectivity index (χ1n) is 29.8. The van der Waals surface area contributed by atoms with E-state index in [1.54, 1.807) is 0 Å². The van der Waals surface area contributed by atoms with Gasteiger partial charge in [-0.3, -0.25) is 14.4 Å². The summed E-state index contributed by atoms with van der Waals surface area (Å²) in [5.41, 5.74) is 0. The lowest BCUT2D eigenvalue weighted by Gasteiger charge is -2.18. The summed E-state index contributed by atoms with van der Waals surface area (Å²) in [6.45, 7) is 6.61. The molecule has 1 atom stereocenters. The van der Waals surface area contributed by atoms with Crippen LogP contribution in [-0.2, 0) is 28.6 Å². The third-order valence-corrected chi connectivity index (χ3v) is 13.0. The second-order valence-corrected chi connectivity index (χ2v) is 19.9. The number of hydrogen-bond acceptors (Lipinski definition) is 6. The van der Waals surface area contributed by atoms with Gasteiger partial charge in [0.05, 0.1) is 0 Å². The summed E-state index contributed by atoms with van der Waals surface area (Å²) in [6, 6.07) is 0. The van der Waals surface area contributed by atoms with Gasteiger partial charge in [0.15, 0.2) is 6.10 Å². The van der Waals surface area contributed by atoms with Crippen molar-refractivity contribution in [1.82, 2.24) is 0 Å². The highest BCUT2D eigenvalue weighted by Gasteiger charge is 2.19. The van der Waals surface area contributed by atoms with Crippen molar-refractivity contribution in [2.75, 3.05) is 13.2 Å². The van der Waals surface area contributed by atoms with Crippen molar-refractivity contribution in [2.24, 2.45) is 0 Å². The molecule has 0 fully saturated rings. The minimum atomic E-state index is -0.786. The standard InChI is InChI=1S/C63H112O6/c1-4-7-10-13-16-19-22-25-28-29-30-31-32-33-36-38-41-44-47-50-53-56-62(65)68-59-60(69-63(66)57-54-51-48-45-42-39-35-27-24-21-18-15-12-9-6-3)58-67-61(64)55-52-49-46-43-40-37-34-26-23-20-17-14-11-8-5-2/h18,21-22,25,27,29-30,32-33,35,60H,4-17,19-20,23-24,26,28,31,34,36-59H2,1-3H3/b21-18-,25-22-,30-29-,33-32-,35-27-. The fraction of sp³-hybridized carbons (Fsp3) is 0.794. The maximum absolute atomic E-state index is 12.9. The van der Waals surface area contributed by atoms with Gasteiger partial charge in [0.2, 0.25) is 0 Å². The van der Waals surface area contributed by atoms with E-state index in [1.165, 1.54) is 161 Å². The van der Waals surface area contributed by atoms with Crippen molar-refractivity contribution < 1.29 is 28.6 Å². The number of carbonyl (C=O) groups excluding carboxylic acids is 3. The molecule has 0 aromatic rings. The van der Waals surface area contributed by atoms with Crippen LogP contribution in [0, 0.1) is 0 Å². The maximum Gasteiger partial charge on any atom is 0.306 e. The smallest absolute Gasteiger partial charge is 0.306 e. The first-order chi connectivity index (χ1) is 34.0. The van der Waals surface area contributed by atoms with Crippen molar-refractivity contribution in [1.29, 1.82) is 0 Å². The number of ether oxygens (including phenoxy) is 3. The average molecular weight is 966 g/mol. The second-order valence-electron chi connectivity index (χ2n) is 19.9. The fourth-order valence-corrected chi connectivity index (χ4v) is 8.48. The molecule has 0 aromatic carbocycles. The number of hydrogen-bond donors (Lipinski definition) is 0. The van der Waals surface area contributed by atoms with Gasteiger partial charge >= 0.3 is 17.9 Å². The number of esters is 3. The van der Waals surface area contributed by atoms with Gasteiger partial charge in [-0.05, 0) is 89.9 Å². The molecule has 0 saturated heterocycles. The van der Waals surface area contributed by atoms with Crippen LogP contribution in [0.1, 0.15) is 303 Å². The summed E-state index contributed by atoms with van der Waals surface area (Å²) < 4.78 is 16.9. The number of allylic oxidation sites excluding steroid dienone is 10. The lowest BCUT2D eigenvalue weighted by molar-refractivity contribution is -0.167. The molecular formula is C63H112O6. The Morgan fingerprint density at radius 2 is 0.522 bits per heavy atom. The van der Waals surface area contributed by atoms with E-state index in [0.29, 0.717) is 19.3 Å². The van der Waals surface area contributed by atoms with Crippen molar-refractivity contribution in [3.05, 3.63) is 60.8 Å². The largest absolute Gasteiger partial charge is 0.462 e. The van der Waals surface area contributed by atoms with Crippen LogP contribution in [0.5, 0.6) is 0 Å². The van der Waals surface area contributed by atoms with Gasteiger partial charge < -0.3 is 14.2 Å². The minimum Gasteiger partial charge on any atom is -0.462 e. The number of carbonyl (C=O) groups is 3. The van der Waals surface area contributed by atoms with Crippen LogP contribution < -0.4 is 0 Å². The normalized spacial score (nSPS) is 12.4. The zero-order valence-electron chi connectivity index (χ0n) is 45.8. The molecule has 0 heterocycles. The van der Waals surface area contributed by atoms with E-state index in [-0.39, 0.29) is 31.1 Å². The minimum absolute atomic E-state index is 0.0817. The van der Waals surface area contributed by atoms with Crippen molar-refractivity contribution >= 4 is 17.9 Å². The summed E-state index contributed by atoms with van der Waals surface area (Å²) in [5, 5.41) is 0. The molecular weight excluding hydrogens is 853 g/mol. The molecule has 0 aliphatic carbocycles. The molecule has 0 aromatic heterocycles.